The molecular formula is C17H14N6. The van der Waals surface area contributed by atoms with Gasteiger partial charge in [-0.3, -0.25) is 14.6 Å². The zero-order valence-electron chi connectivity index (χ0n) is 12.5. The molecule has 0 aliphatic heterocycles. The summed E-state index contributed by atoms with van der Waals surface area (Å²) in [6, 6.07) is 9.71. The molecule has 6 nitrogen and oxygen atoms in total. The maximum atomic E-state index is 4.63. The zero-order valence-corrected chi connectivity index (χ0v) is 12.5. The van der Waals surface area contributed by atoms with Crippen LogP contribution in [0.25, 0.3) is 22.2 Å². The number of fused-ring (bicyclic) bond motifs is 1. The van der Waals surface area contributed by atoms with Crippen molar-refractivity contribution in [2.75, 3.05) is 5.32 Å². The summed E-state index contributed by atoms with van der Waals surface area (Å²) in [5.41, 5.74) is 4.61. The number of aromatic nitrogens is 5. The van der Waals surface area contributed by atoms with Gasteiger partial charge in [0, 0.05) is 36.8 Å². The monoisotopic (exact) mass is 302 g/mol. The summed E-state index contributed by atoms with van der Waals surface area (Å²) >= 11 is 0. The van der Waals surface area contributed by atoms with Crippen LogP contribution < -0.4 is 5.32 Å². The number of aryl methyl sites for hydroxylation is 1. The zero-order chi connectivity index (χ0) is 15.6. The molecule has 4 heterocycles. The molecule has 1 N–H and O–H groups in total. The Kier molecular flexibility index (Phi) is 3.20. The number of rotatable bonds is 3. The Morgan fingerprint density at radius 2 is 1.96 bits per heavy atom. The first-order valence-corrected chi connectivity index (χ1v) is 7.21. The maximum absolute atomic E-state index is 4.63. The molecule has 4 aromatic heterocycles. The Morgan fingerprint density at radius 3 is 2.74 bits per heavy atom. The van der Waals surface area contributed by atoms with E-state index in [1.807, 2.05) is 56.0 Å². The van der Waals surface area contributed by atoms with E-state index < -0.39 is 0 Å². The van der Waals surface area contributed by atoms with Crippen LogP contribution in [0.5, 0.6) is 0 Å². The molecule has 0 aliphatic carbocycles. The van der Waals surface area contributed by atoms with Crippen LogP contribution in [-0.2, 0) is 7.05 Å². The number of pyridine rings is 3. The minimum Gasteiger partial charge on any atom is -0.339 e. The van der Waals surface area contributed by atoms with Crippen molar-refractivity contribution in [2.45, 2.75) is 0 Å². The van der Waals surface area contributed by atoms with E-state index in [9.17, 15) is 0 Å². The molecule has 0 atom stereocenters. The fourth-order valence-corrected chi connectivity index (χ4v) is 2.39. The predicted molar refractivity (Wildman–Crippen MR) is 89.3 cm³/mol. The average molecular weight is 302 g/mol. The molecule has 0 bridgehead atoms. The standard InChI is InChI=1S/C17H14N6/c1-23-11-13(9-20-23)12-7-16-15(19-8-12)4-5-17(22-16)21-14-3-2-6-18-10-14/h2-11H,1H3,(H,21,22). The molecule has 0 saturated carbocycles. The van der Waals surface area contributed by atoms with E-state index in [4.69, 9.17) is 0 Å². The van der Waals surface area contributed by atoms with Gasteiger partial charge in [-0.1, -0.05) is 0 Å². The van der Waals surface area contributed by atoms with Crippen molar-refractivity contribution in [3.63, 3.8) is 0 Å². The van der Waals surface area contributed by atoms with Gasteiger partial charge in [0.05, 0.1) is 29.1 Å². The Labute approximate surface area is 132 Å². The van der Waals surface area contributed by atoms with Crippen molar-refractivity contribution in [1.29, 1.82) is 0 Å². The van der Waals surface area contributed by atoms with E-state index in [1.165, 1.54) is 0 Å². The van der Waals surface area contributed by atoms with Crippen LogP contribution >= 0.6 is 0 Å². The number of hydrogen-bond donors (Lipinski definition) is 1. The minimum absolute atomic E-state index is 0.760. The Hall–Kier alpha value is -3.28. The first-order valence-electron chi connectivity index (χ1n) is 7.21. The van der Waals surface area contributed by atoms with Crippen molar-refractivity contribution in [3.8, 4) is 11.1 Å². The van der Waals surface area contributed by atoms with Gasteiger partial charge in [-0.15, -0.1) is 0 Å². The quantitative estimate of drug-likeness (QED) is 0.629. The first-order chi connectivity index (χ1) is 11.3. The van der Waals surface area contributed by atoms with Gasteiger partial charge in [-0.2, -0.15) is 5.10 Å². The molecule has 4 aromatic rings. The van der Waals surface area contributed by atoms with Gasteiger partial charge in [0.2, 0.25) is 0 Å². The van der Waals surface area contributed by atoms with E-state index in [1.54, 1.807) is 17.1 Å². The molecular weight excluding hydrogens is 288 g/mol. The highest BCUT2D eigenvalue weighted by molar-refractivity contribution is 5.81. The number of nitrogens with one attached hydrogen (secondary N) is 1. The largest absolute Gasteiger partial charge is 0.339 e. The van der Waals surface area contributed by atoms with Gasteiger partial charge in [0.25, 0.3) is 0 Å². The van der Waals surface area contributed by atoms with Gasteiger partial charge in [0.15, 0.2) is 0 Å². The fraction of sp³-hybridized carbons (Fsp3) is 0.0588. The van der Waals surface area contributed by atoms with Crippen LogP contribution in [0.15, 0.2) is 61.3 Å². The highest BCUT2D eigenvalue weighted by Crippen LogP contribution is 2.23. The first kappa shape index (κ1) is 13.4. The van der Waals surface area contributed by atoms with E-state index in [0.717, 1.165) is 33.7 Å². The summed E-state index contributed by atoms with van der Waals surface area (Å²) < 4.78 is 1.77. The van der Waals surface area contributed by atoms with Gasteiger partial charge in [-0.25, -0.2) is 4.98 Å². The van der Waals surface area contributed by atoms with Gasteiger partial charge in [0.1, 0.15) is 5.82 Å². The average Bonchev–Trinajstić information content (AvgIpc) is 3.02. The van der Waals surface area contributed by atoms with Crippen molar-refractivity contribution < 1.29 is 0 Å². The third-order valence-electron chi connectivity index (χ3n) is 3.51. The van der Waals surface area contributed by atoms with Gasteiger partial charge < -0.3 is 5.32 Å². The van der Waals surface area contributed by atoms with E-state index in [0.29, 0.717) is 0 Å². The second kappa shape index (κ2) is 5.49. The summed E-state index contributed by atoms with van der Waals surface area (Å²) in [6.07, 6.45) is 9.12. The highest BCUT2D eigenvalue weighted by atomic mass is 15.2. The summed E-state index contributed by atoms with van der Waals surface area (Å²) in [6.45, 7) is 0. The van der Waals surface area contributed by atoms with E-state index >= 15 is 0 Å². The van der Waals surface area contributed by atoms with Gasteiger partial charge in [-0.05, 0) is 30.3 Å². The summed E-state index contributed by atoms with van der Waals surface area (Å²) in [5.74, 6) is 0.760. The molecule has 6 heteroatoms. The number of nitrogens with zero attached hydrogens (tertiary/aromatic N) is 5. The number of hydrogen-bond acceptors (Lipinski definition) is 5. The second-order valence-electron chi connectivity index (χ2n) is 5.23. The van der Waals surface area contributed by atoms with Crippen molar-refractivity contribution in [2.24, 2.45) is 7.05 Å². The predicted octanol–water partition coefficient (Wildman–Crippen LogP) is 3.17. The molecule has 0 unspecified atom stereocenters. The molecule has 4 rings (SSSR count). The van der Waals surface area contributed by atoms with Crippen LogP contribution in [0.1, 0.15) is 0 Å². The smallest absolute Gasteiger partial charge is 0.131 e. The molecule has 0 radical (unpaired) electrons. The molecule has 0 spiro atoms. The summed E-state index contributed by atoms with van der Waals surface area (Å²) in [5, 5.41) is 7.44. The van der Waals surface area contributed by atoms with E-state index in [2.05, 4.69) is 25.4 Å². The summed E-state index contributed by atoms with van der Waals surface area (Å²) in [7, 11) is 1.89. The van der Waals surface area contributed by atoms with E-state index in [-0.39, 0.29) is 0 Å². The van der Waals surface area contributed by atoms with Crippen molar-refractivity contribution in [3.05, 3.63) is 61.3 Å². The minimum atomic E-state index is 0.760. The molecule has 0 saturated heterocycles. The lowest BCUT2D eigenvalue weighted by molar-refractivity contribution is 0.768. The third-order valence-corrected chi connectivity index (χ3v) is 3.51. The van der Waals surface area contributed by atoms with Crippen LogP contribution in [0.2, 0.25) is 0 Å². The third kappa shape index (κ3) is 2.74. The van der Waals surface area contributed by atoms with Crippen LogP contribution in [0.4, 0.5) is 11.5 Å². The molecule has 112 valence electrons. The normalized spacial score (nSPS) is 10.8. The lowest BCUT2D eigenvalue weighted by Crippen LogP contribution is -1.95. The van der Waals surface area contributed by atoms with Crippen molar-refractivity contribution >= 4 is 22.5 Å². The lowest BCUT2D eigenvalue weighted by Gasteiger charge is -2.06. The Bertz CT molecular complexity index is 961. The molecule has 0 amide bonds. The lowest BCUT2D eigenvalue weighted by atomic mass is 10.1. The Morgan fingerprint density at radius 1 is 1.00 bits per heavy atom. The fourth-order valence-electron chi connectivity index (χ4n) is 2.39. The summed E-state index contributed by atoms with van der Waals surface area (Å²) in [4.78, 5) is 13.2. The van der Waals surface area contributed by atoms with Crippen LogP contribution in [0, 0.1) is 0 Å². The van der Waals surface area contributed by atoms with Crippen LogP contribution in [-0.4, -0.2) is 24.7 Å². The Balaban J connectivity index is 1.72. The topological polar surface area (TPSA) is 68.5 Å². The van der Waals surface area contributed by atoms with Crippen LogP contribution in [0.3, 0.4) is 0 Å². The van der Waals surface area contributed by atoms with Gasteiger partial charge >= 0.3 is 0 Å². The molecule has 0 fully saturated rings. The SMILES string of the molecule is Cn1cc(-c2cnc3ccc(Nc4cccnc4)nc3c2)cn1. The van der Waals surface area contributed by atoms with Crippen molar-refractivity contribution in [1.82, 2.24) is 24.7 Å². The maximum Gasteiger partial charge on any atom is 0.131 e. The number of anilines is 2. The molecule has 0 aromatic carbocycles. The molecule has 23 heavy (non-hydrogen) atoms. The molecule has 0 aliphatic rings. The second-order valence-corrected chi connectivity index (χ2v) is 5.23. The highest BCUT2D eigenvalue weighted by Gasteiger charge is 2.05.